The fourth-order valence-corrected chi connectivity index (χ4v) is 5.31. The number of nitrogens with zero attached hydrogens (tertiary/aromatic N) is 2. The van der Waals surface area contributed by atoms with Crippen molar-refractivity contribution in [2.45, 2.75) is 51.5 Å². The van der Waals surface area contributed by atoms with E-state index in [9.17, 15) is 9.59 Å². The topological polar surface area (TPSA) is 52.7 Å². The van der Waals surface area contributed by atoms with Crippen molar-refractivity contribution in [1.29, 1.82) is 0 Å². The van der Waals surface area contributed by atoms with Gasteiger partial charge in [0.05, 0.1) is 17.9 Å². The zero-order valence-corrected chi connectivity index (χ0v) is 15.8. The van der Waals surface area contributed by atoms with E-state index in [1.54, 1.807) is 0 Å². The zero-order valence-electron chi connectivity index (χ0n) is 15.8. The number of anilines is 2. The van der Waals surface area contributed by atoms with Gasteiger partial charge in [0.25, 0.3) is 5.91 Å². The smallest absolute Gasteiger partial charge is 0.250 e. The van der Waals surface area contributed by atoms with Crippen LogP contribution in [-0.4, -0.2) is 41.9 Å². The largest absolute Gasteiger partial charge is 0.322 e. The van der Waals surface area contributed by atoms with Crippen LogP contribution in [0.3, 0.4) is 0 Å². The number of nitrogens with one attached hydrogen (secondary N) is 1. The van der Waals surface area contributed by atoms with E-state index in [2.05, 4.69) is 24.1 Å². The Hall–Kier alpha value is -1.88. The summed E-state index contributed by atoms with van der Waals surface area (Å²) in [4.78, 5) is 30.5. The molecule has 5 heteroatoms. The number of hydrogen-bond acceptors (Lipinski definition) is 3. The van der Waals surface area contributed by atoms with Gasteiger partial charge in [-0.1, -0.05) is 38.8 Å². The molecule has 1 aliphatic carbocycles. The van der Waals surface area contributed by atoms with Crippen molar-refractivity contribution in [3.05, 3.63) is 24.3 Å². The molecule has 0 aromatic heterocycles. The highest BCUT2D eigenvalue weighted by atomic mass is 16.2. The molecule has 26 heavy (non-hydrogen) atoms. The normalized spacial score (nSPS) is 28.1. The van der Waals surface area contributed by atoms with Gasteiger partial charge in [0.1, 0.15) is 5.54 Å². The van der Waals surface area contributed by atoms with Crippen molar-refractivity contribution in [2.24, 2.45) is 11.8 Å². The van der Waals surface area contributed by atoms with Crippen LogP contribution in [0.1, 0.15) is 46.0 Å². The minimum Gasteiger partial charge on any atom is -0.322 e. The third-order valence-electron chi connectivity index (χ3n) is 6.23. The number of benzene rings is 1. The maximum absolute atomic E-state index is 13.5. The molecule has 2 atom stereocenters. The Labute approximate surface area is 155 Å². The lowest BCUT2D eigenvalue weighted by Gasteiger charge is -2.45. The molecule has 3 aliphatic rings. The predicted octanol–water partition coefficient (Wildman–Crippen LogP) is 3.26. The van der Waals surface area contributed by atoms with Gasteiger partial charge < -0.3 is 5.32 Å². The van der Waals surface area contributed by atoms with Gasteiger partial charge in [0.15, 0.2) is 0 Å². The maximum Gasteiger partial charge on any atom is 0.250 e. The van der Waals surface area contributed by atoms with Gasteiger partial charge >= 0.3 is 0 Å². The van der Waals surface area contributed by atoms with Gasteiger partial charge in [-0.15, -0.1) is 0 Å². The Morgan fingerprint density at radius 2 is 1.81 bits per heavy atom. The quantitative estimate of drug-likeness (QED) is 0.886. The summed E-state index contributed by atoms with van der Waals surface area (Å²) in [5, 5.41) is 3.05. The summed E-state index contributed by atoms with van der Waals surface area (Å²) in [5.74, 6) is 1.28. The van der Waals surface area contributed by atoms with Crippen molar-refractivity contribution in [1.82, 2.24) is 4.90 Å². The molecule has 1 saturated carbocycles. The van der Waals surface area contributed by atoms with Gasteiger partial charge in [-0.3, -0.25) is 19.4 Å². The van der Waals surface area contributed by atoms with E-state index in [1.807, 2.05) is 29.2 Å². The average molecular weight is 355 g/mol. The average Bonchev–Trinajstić information content (AvgIpc) is 3.05. The van der Waals surface area contributed by atoms with Crippen LogP contribution in [0.15, 0.2) is 24.3 Å². The Morgan fingerprint density at radius 1 is 1.15 bits per heavy atom. The molecule has 1 N–H and O–H groups in total. The van der Waals surface area contributed by atoms with E-state index in [-0.39, 0.29) is 11.8 Å². The van der Waals surface area contributed by atoms with Crippen LogP contribution >= 0.6 is 0 Å². The molecule has 140 valence electrons. The third-order valence-corrected chi connectivity index (χ3v) is 6.23. The Kier molecular flexibility index (Phi) is 4.51. The molecule has 4 rings (SSSR count). The first-order valence-electron chi connectivity index (χ1n) is 9.95. The van der Waals surface area contributed by atoms with Crippen molar-refractivity contribution in [2.75, 3.05) is 29.9 Å². The lowest BCUT2D eigenvalue weighted by atomic mass is 9.89. The number of rotatable bonds is 2. The maximum atomic E-state index is 13.5. The molecule has 0 radical (unpaired) electrons. The molecule has 1 saturated heterocycles. The minimum absolute atomic E-state index is 0.0116. The molecule has 2 fully saturated rings. The van der Waals surface area contributed by atoms with Crippen molar-refractivity contribution in [3.8, 4) is 0 Å². The van der Waals surface area contributed by atoms with Crippen LogP contribution in [0.4, 0.5) is 11.4 Å². The van der Waals surface area contributed by atoms with Gasteiger partial charge in [0, 0.05) is 13.1 Å². The summed E-state index contributed by atoms with van der Waals surface area (Å²) < 4.78 is 0. The third kappa shape index (κ3) is 2.92. The monoisotopic (exact) mass is 355 g/mol. The number of carbonyl (C=O) groups is 2. The van der Waals surface area contributed by atoms with E-state index in [1.165, 1.54) is 6.42 Å². The van der Waals surface area contributed by atoms with Crippen LogP contribution in [0.25, 0.3) is 0 Å². The van der Waals surface area contributed by atoms with Crippen molar-refractivity contribution >= 4 is 23.2 Å². The highest BCUT2D eigenvalue weighted by molar-refractivity contribution is 6.15. The zero-order chi connectivity index (χ0) is 18.3. The van der Waals surface area contributed by atoms with E-state index in [4.69, 9.17) is 0 Å². The predicted molar refractivity (Wildman–Crippen MR) is 103 cm³/mol. The van der Waals surface area contributed by atoms with E-state index < -0.39 is 5.54 Å². The summed E-state index contributed by atoms with van der Waals surface area (Å²) in [6.07, 6.45) is 4.73. The van der Waals surface area contributed by atoms with Crippen LogP contribution in [0.5, 0.6) is 0 Å². The minimum atomic E-state index is -0.696. The molecule has 2 amide bonds. The molecule has 1 spiro atoms. The Morgan fingerprint density at radius 3 is 2.50 bits per heavy atom. The molecule has 5 nitrogen and oxygen atoms in total. The Bertz CT molecular complexity index is 701. The summed E-state index contributed by atoms with van der Waals surface area (Å²) in [7, 11) is 0. The van der Waals surface area contributed by atoms with Crippen LogP contribution in [0.2, 0.25) is 0 Å². The van der Waals surface area contributed by atoms with Crippen molar-refractivity contribution in [3.63, 3.8) is 0 Å². The van der Waals surface area contributed by atoms with Crippen LogP contribution in [-0.2, 0) is 9.59 Å². The summed E-state index contributed by atoms with van der Waals surface area (Å²) in [6.45, 7) is 6.85. The number of piperidine rings is 1. The molecule has 2 aliphatic heterocycles. The number of amides is 2. The molecule has 2 heterocycles. The molecule has 1 aromatic carbocycles. The summed E-state index contributed by atoms with van der Waals surface area (Å²) >= 11 is 0. The summed E-state index contributed by atoms with van der Waals surface area (Å²) in [5.41, 5.74) is 0.916. The fourth-order valence-electron chi connectivity index (χ4n) is 5.31. The first kappa shape index (κ1) is 17.5. The van der Waals surface area contributed by atoms with Gasteiger partial charge in [-0.05, 0) is 43.2 Å². The summed E-state index contributed by atoms with van der Waals surface area (Å²) in [6, 6.07) is 7.71. The lowest BCUT2D eigenvalue weighted by molar-refractivity contribution is -0.128. The highest BCUT2D eigenvalue weighted by Gasteiger charge is 2.52. The second-order valence-corrected chi connectivity index (χ2v) is 8.58. The van der Waals surface area contributed by atoms with E-state index >= 15 is 0 Å². The van der Waals surface area contributed by atoms with E-state index in [0.29, 0.717) is 18.4 Å². The highest BCUT2D eigenvalue weighted by Crippen LogP contribution is 2.45. The second kappa shape index (κ2) is 6.69. The van der Waals surface area contributed by atoms with Crippen LogP contribution in [0, 0.1) is 11.8 Å². The molecular weight excluding hydrogens is 326 g/mol. The first-order chi connectivity index (χ1) is 12.5. The fraction of sp³-hybridized carbons (Fsp3) is 0.619. The number of fused-ring (bicyclic) bond motifs is 1. The van der Waals surface area contributed by atoms with E-state index in [0.717, 1.165) is 50.1 Å². The number of carbonyl (C=O) groups excluding carboxylic acids is 2. The standard InChI is InChI=1S/C21H29N3O2/c1-15-11-16(2)13-23(12-15)14-19(25)24-18-8-4-3-7-17(18)22-20(26)21(24)9-5-6-10-21/h3-4,7-8,15-16H,5-6,9-14H2,1-2H3,(H,22,26)/t15-,16-/m1/s1. The van der Waals surface area contributed by atoms with Gasteiger partial charge in [-0.2, -0.15) is 0 Å². The molecule has 0 bridgehead atoms. The SMILES string of the molecule is C[C@@H]1C[C@@H](C)CN(CC(=O)N2c3ccccc3NC(=O)C23CCCC3)C1. The lowest BCUT2D eigenvalue weighted by Crippen LogP contribution is -2.62. The second-order valence-electron chi connectivity index (χ2n) is 8.58. The number of para-hydroxylation sites is 2. The van der Waals surface area contributed by atoms with Crippen molar-refractivity contribution < 1.29 is 9.59 Å². The number of hydrogen-bond donors (Lipinski definition) is 1. The van der Waals surface area contributed by atoms with Gasteiger partial charge in [-0.25, -0.2) is 0 Å². The molecular formula is C21H29N3O2. The van der Waals surface area contributed by atoms with Crippen LogP contribution < -0.4 is 10.2 Å². The van der Waals surface area contributed by atoms with Gasteiger partial charge in [0.2, 0.25) is 5.91 Å². The molecule has 1 aromatic rings. The molecule has 0 unspecified atom stereocenters. The first-order valence-corrected chi connectivity index (χ1v) is 9.95. The number of likely N-dealkylation sites (tertiary alicyclic amines) is 1. The Balaban J connectivity index is 1.65.